The zero-order chi connectivity index (χ0) is 28.6. The Morgan fingerprint density at radius 3 is 0.976 bits per heavy atom. The first-order valence-electron chi connectivity index (χ1n) is 15.1. The predicted octanol–water partition coefficient (Wildman–Crippen LogP) is 5.61. The van der Waals surface area contributed by atoms with Crippen LogP contribution in [0.2, 0.25) is 0 Å². The van der Waals surface area contributed by atoms with Gasteiger partial charge in [0.2, 0.25) is 0 Å². The normalized spacial score (nSPS) is 18.6. The van der Waals surface area contributed by atoms with Crippen molar-refractivity contribution in [1.29, 1.82) is 0 Å². The standard InChI is InChI=1S/C33H39N9/c1-25(40-22-34-28-10-4-7-13-31(28)40)37-16-18-38(26(2)41-23-35-29-11-5-8-14-32(29)41)20-21-39(19-17-37)27(3)42-24-36-30-12-6-9-15-33(30)42/h4-15,22-27H,16-21H2,1-3H3. The number of hydrogen-bond donors (Lipinski definition) is 0. The molecule has 1 aliphatic heterocycles. The molecule has 0 spiro atoms. The van der Waals surface area contributed by atoms with Crippen LogP contribution in [-0.2, 0) is 0 Å². The van der Waals surface area contributed by atoms with Gasteiger partial charge in [0.1, 0.15) is 0 Å². The summed E-state index contributed by atoms with van der Waals surface area (Å²) in [4.78, 5) is 21.9. The van der Waals surface area contributed by atoms with Crippen LogP contribution in [0, 0.1) is 0 Å². The van der Waals surface area contributed by atoms with Crippen LogP contribution >= 0.6 is 0 Å². The van der Waals surface area contributed by atoms with Gasteiger partial charge in [0.15, 0.2) is 0 Å². The van der Waals surface area contributed by atoms with E-state index in [9.17, 15) is 0 Å². The highest BCUT2D eigenvalue weighted by molar-refractivity contribution is 5.76. The number of aromatic nitrogens is 6. The third-order valence-corrected chi connectivity index (χ3v) is 9.26. The summed E-state index contributed by atoms with van der Waals surface area (Å²) in [6, 6.07) is 25.3. The van der Waals surface area contributed by atoms with Gasteiger partial charge in [0.25, 0.3) is 0 Å². The highest BCUT2D eigenvalue weighted by Gasteiger charge is 2.27. The lowest BCUT2D eigenvalue weighted by molar-refractivity contribution is 0.109. The van der Waals surface area contributed by atoms with Gasteiger partial charge < -0.3 is 13.7 Å². The van der Waals surface area contributed by atoms with Crippen LogP contribution in [0.1, 0.15) is 39.3 Å². The molecule has 0 saturated carbocycles. The quantitative estimate of drug-likeness (QED) is 0.263. The second kappa shape index (κ2) is 11.3. The smallest absolute Gasteiger partial charge is 0.0971 e. The molecule has 3 unspecified atom stereocenters. The topological polar surface area (TPSA) is 63.2 Å². The average molecular weight is 562 g/mol. The highest BCUT2D eigenvalue weighted by Crippen LogP contribution is 2.26. The molecule has 1 aliphatic rings. The molecule has 0 aliphatic carbocycles. The Hall–Kier alpha value is -4.05. The lowest BCUT2D eigenvalue weighted by Crippen LogP contribution is -2.40. The first-order valence-corrected chi connectivity index (χ1v) is 15.1. The molecule has 4 heterocycles. The van der Waals surface area contributed by atoms with Crippen molar-refractivity contribution >= 4 is 33.1 Å². The molecule has 9 heteroatoms. The summed E-state index contributed by atoms with van der Waals surface area (Å²) in [5, 5.41) is 0. The molecule has 0 amide bonds. The summed E-state index contributed by atoms with van der Waals surface area (Å²) < 4.78 is 6.96. The maximum atomic E-state index is 4.70. The molecule has 1 fully saturated rings. The minimum Gasteiger partial charge on any atom is -0.314 e. The number of para-hydroxylation sites is 6. The predicted molar refractivity (Wildman–Crippen MR) is 168 cm³/mol. The minimum absolute atomic E-state index is 0.174. The molecule has 0 radical (unpaired) electrons. The summed E-state index contributed by atoms with van der Waals surface area (Å²) in [5.74, 6) is 0. The van der Waals surface area contributed by atoms with E-state index in [0.29, 0.717) is 0 Å². The number of hydrogen-bond acceptors (Lipinski definition) is 6. The van der Waals surface area contributed by atoms with Gasteiger partial charge in [-0.3, -0.25) is 14.7 Å². The Bertz CT molecular complexity index is 1580. The maximum Gasteiger partial charge on any atom is 0.0971 e. The van der Waals surface area contributed by atoms with E-state index in [1.54, 1.807) is 0 Å². The van der Waals surface area contributed by atoms with E-state index in [4.69, 9.17) is 15.0 Å². The SMILES string of the molecule is CC(N1CCN(C(C)n2cnc3ccccc32)CCN(C(C)n2cnc3ccccc32)CC1)n1cnc2ccccc21. The number of rotatable bonds is 6. The molecule has 9 nitrogen and oxygen atoms in total. The van der Waals surface area contributed by atoms with Crippen molar-refractivity contribution in [3.8, 4) is 0 Å². The van der Waals surface area contributed by atoms with E-state index < -0.39 is 0 Å². The lowest BCUT2D eigenvalue weighted by Gasteiger charge is -2.34. The fraction of sp³-hybridized carbons (Fsp3) is 0.364. The van der Waals surface area contributed by atoms with Crippen molar-refractivity contribution in [3.63, 3.8) is 0 Å². The molecule has 42 heavy (non-hydrogen) atoms. The van der Waals surface area contributed by atoms with Gasteiger partial charge in [-0.1, -0.05) is 36.4 Å². The Morgan fingerprint density at radius 2 is 0.690 bits per heavy atom. The minimum atomic E-state index is 0.174. The zero-order valence-corrected chi connectivity index (χ0v) is 24.7. The van der Waals surface area contributed by atoms with Gasteiger partial charge in [0, 0.05) is 39.3 Å². The van der Waals surface area contributed by atoms with Gasteiger partial charge in [-0.05, 0) is 57.2 Å². The lowest BCUT2D eigenvalue weighted by atomic mass is 10.3. The Morgan fingerprint density at radius 1 is 0.429 bits per heavy atom. The maximum absolute atomic E-state index is 4.70. The van der Waals surface area contributed by atoms with E-state index in [1.165, 1.54) is 16.6 Å². The van der Waals surface area contributed by atoms with Crippen LogP contribution in [0.4, 0.5) is 0 Å². The molecular formula is C33H39N9. The van der Waals surface area contributed by atoms with Crippen LogP contribution in [-0.4, -0.2) is 82.6 Å². The van der Waals surface area contributed by atoms with Gasteiger partial charge in [-0.15, -0.1) is 0 Å². The molecule has 0 bridgehead atoms. The van der Waals surface area contributed by atoms with E-state index >= 15 is 0 Å². The highest BCUT2D eigenvalue weighted by atomic mass is 15.4. The summed E-state index contributed by atoms with van der Waals surface area (Å²) in [6.45, 7) is 12.7. The largest absolute Gasteiger partial charge is 0.314 e. The second-order valence-electron chi connectivity index (χ2n) is 11.4. The van der Waals surface area contributed by atoms with Gasteiger partial charge in [-0.25, -0.2) is 15.0 Å². The molecule has 1 saturated heterocycles. The van der Waals surface area contributed by atoms with Gasteiger partial charge in [0.05, 0.1) is 70.6 Å². The van der Waals surface area contributed by atoms with Crippen LogP contribution in [0.5, 0.6) is 0 Å². The van der Waals surface area contributed by atoms with E-state index in [0.717, 1.165) is 55.8 Å². The zero-order valence-electron chi connectivity index (χ0n) is 24.7. The first-order chi connectivity index (χ1) is 20.6. The average Bonchev–Trinajstić information content (AvgIpc) is 3.77. The van der Waals surface area contributed by atoms with Crippen LogP contribution < -0.4 is 0 Å². The molecule has 3 aromatic carbocycles. The van der Waals surface area contributed by atoms with Crippen LogP contribution in [0.25, 0.3) is 33.1 Å². The molecule has 6 aromatic rings. The third kappa shape index (κ3) is 4.87. The monoisotopic (exact) mass is 561 g/mol. The van der Waals surface area contributed by atoms with E-state index in [-0.39, 0.29) is 18.5 Å². The fourth-order valence-electron chi connectivity index (χ4n) is 6.58. The molecular weight excluding hydrogens is 522 g/mol. The summed E-state index contributed by atoms with van der Waals surface area (Å²) >= 11 is 0. The summed E-state index contributed by atoms with van der Waals surface area (Å²) in [6.07, 6.45) is 6.52. The number of imidazole rings is 3. The molecule has 3 atom stereocenters. The van der Waals surface area contributed by atoms with Crippen LogP contribution in [0.15, 0.2) is 91.8 Å². The number of fused-ring (bicyclic) bond motifs is 3. The van der Waals surface area contributed by atoms with Crippen molar-refractivity contribution in [2.24, 2.45) is 0 Å². The fourth-order valence-corrected chi connectivity index (χ4v) is 6.58. The summed E-state index contributed by atoms with van der Waals surface area (Å²) in [7, 11) is 0. The molecule has 7 rings (SSSR count). The van der Waals surface area contributed by atoms with Crippen molar-refractivity contribution < 1.29 is 0 Å². The molecule has 3 aromatic heterocycles. The van der Waals surface area contributed by atoms with E-state index in [2.05, 4.69) is 122 Å². The molecule has 0 N–H and O–H groups in total. The van der Waals surface area contributed by atoms with E-state index in [1.807, 2.05) is 19.0 Å². The summed E-state index contributed by atoms with van der Waals surface area (Å²) in [5.41, 5.74) is 6.65. The Kier molecular flexibility index (Phi) is 7.23. The van der Waals surface area contributed by atoms with Crippen molar-refractivity contribution in [2.45, 2.75) is 39.3 Å². The second-order valence-corrected chi connectivity index (χ2v) is 11.4. The first kappa shape index (κ1) is 26.8. The van der Waals surface area contributed by atoms with Crippen molar-refractivity contribution in [3.05, 3.63) is 91.8 Å². The number of benzene rings is 3. The van der Waals surface area contributed by atoms with Crippen LogP contribution in [0.3, 0.4) is 0 Å². The van der Waals surface area contributed by atoms with Crippen molar-refractivity contribution in [2.75, 3.05) is 39.3 Å². The molecule has 216 valence electrons. The third-order valence-electron chi connectivity index (χ3n) is 9.26. The Labute approximate surface area is 246 Å². The number of nitrogens with zero attached hydrogens (tertiary/aromatic N) is 9. The van der Waals surface area contributed by atoms with Gasteiger partial charge >= 0.3 is 0 Å². The van der Waals surface area contributed by atoms with Crippen molar-refractivity contribution in [1.82, 2.24) is 43.4 Å². The Balaban J connectivity index is 1.21. The van der Waals surface area contributed by atoms with Gasteiger partial charge in [-0.2, -0.15) is 0 Å².